The number of aryl methyl sites for hydroxylation is 2. The molecule has 2 aliphatic rings. The summed E-state index contributed by atoms with van der Waals surface area (Å²) in [5.74, 6) is 0.672. The fourth-order valence-corrected chi connectivity index (χ4v) is 4.48. The third-order valence-corrected chi connectivity index (χ3v) is 5.66. The van der Waals surface area contributed by atoms with E-state index in [1.807, 2.05) is 17.2 Å². The lowest BCUT2D eigenvalue weighted by molar-refractivity contribution is 0.274. The molecule has 0 saturated carbocycles. The summed E-state index contributed by atoms with van der Waals surface area (Å²) >= 11 is 1.49. The fraction of sp³-hybridized carbons (Fsp3) is 0.333. The summed E-state index contributed by atoms with van der Waals surface area (Å²) in [6, 6.07) is 8.66. The molecule has 5 heteroatoms. The van der Waals surface area contributed by atoms with Crippen molar-refractivity contribution in [3.8, 4) is 0 Å². The van der Waals surface area contributed by atoms with Crippen LogP contribution in [-0.2, 0) is 6.42 Å². The standard InChI is InChI=1S/C18H19N3OS/c1-11-10-23-18(20-11)16-15(22)9-21(17(16)19)14-8-4-6-12-5-2-3-7-13(12)14/h2-3,5,7,10,14,19,22H,4,6,8-9H2,1H3/t14-/m0/s1. The molecule has 1 aliphatic heterocycles. The van der Waals surface area contributed by atoms with Crippen molar-refractivity contribution in [1.82, 2.24) is 9.88 Å². The Morgan fingerprint density at radius 3 is 2.96 bits per heavy atom. The van der Waals surface area contributed by atoms with E-state index >= 15 is 0 Å². The SMILES string of the molecule is Cc1csc(C2=C(O)CN([C@H]3CCCc4ccccc43)C2=N)n1. The zero-order valence-corrected chi connectivity index (χ0v) is 13.9. The highest BCUT2D eigenvalue weighted by molar-refractivity contribution is 7.11. The first-order valence-corrected chi connectivity index (χ1v) is 8.81. The van der Waals surface area contributed by atoms with Gasteiger partial charge >= 0.3 is 0 Å². The summed E-state index contributed by atoms with van der Waals surface area (Å²) in [5.41, 5.74) is 4.20. The van der Waals surface area contributed by atoms with Gasteiger partial charge in [0.15, 0.2) is 0 Å². The molecule has 0 unspecified atom stereocenters. The minimum absolute atomic E-state index is 0.174. The number of hydrogen-bond donors (Lipinski definition) is 2. The molecule has 2 N–H and O–H groups in total. The fourth-order valence-electron chi connectivity index (χ4n) is 3.61. The number of thiazole rings is 1. The Morgan fingerprint density at radius 2 is 2.17 bits per heavy atom. The van der Waals surface area contributed by atoms with Gasteiger partial charge in [-0.05, 0) is 37.3 Å². The highest BCUT2D eigenvalue weighted by atomic mass is 32.1. The number of benzene rings is 1. The average molecular weight is 325 g/mol. The quantitative estimate of drug-likeness (QED) is 0.874. The molecular formula is C18H19N3OS. The van der Waals surface area contributed by atoms with Gasteiger partial charge in [0.25, 0.3) is 0 Å². The smallest absolute Gasteiger partial charge is 0.135 e. The first kappa shape index (κ1) is 14.5. The second-order valence-corrected chi connectivity index (χ2v) is 7.06. The molecular weight excluding hydrogens is 306 g/mol. The molecule has 0 saturated heterocycles. The highest BCUT2D eigenvalue weighted by Crippen LogP contribution is 2.40. The third-order valence-electron chi connectivity index (χ3n) is 4.68. The van der Waals surface area contributed by atoms with Crippen LogP contribution in [0.5, 0.6) is 0 Å². The van der Waals surface area contributed by atoms with E-state index in [4.69, 9.17) is 5.41 Å². The molecule has 1 aromatic heterocycles. The Balaban J connectivity index is 1.68. The Bertz CT molecular complexity index is 808. The summed E-state index contributed by atoms with van der Waals surface area (Å²) in [5, 5.41) is 21.7. The van der Waals surface area contributed by atoms with Crippen LogP contribution in [0.3, 0.4) is 0 Å². The van der Waals surface area contributed by atoms with Gasteiger partial charge in [-0.15, -0.1) is 11.3 Å². The minimum Gasteiger partial charge on any atom is -0.510 e. The van der Waals surface area contributed by atoms with Crippen LogP contribution in [-0.4, -0.2) is 27.4 Å². The van der Waals surface area contributed by atoms with E-state index < -0.39 is 0 Å². The van der Waals surface area contributed by atoms with Crippen molar-refractivity contribution >= 4 is 22.7 Å². The molecule has 0 amide bonds. The molecule has 4 nitrogen and oxygen atoms in total. The zero-order chi connectivity index (χ0) is 16.0. The molecule has 0 radical (unpaired) electrons. The summed E-state index contributed by atoms with van der Waals surface area (Å²) < 4.78 is 0. The largest absolute Gasteiger partial charge is 0.510 e. The van der Waals surface area contributed by atoms with Crippen LogP contribution in [0.2, 0.25) is 0 Å². The molecule has 2 heterocycles. The Morgan fingerprint density at radius 1 is 1.35 bits per heavy atom. The van der Waals surface area contributed by atoms with Crippen molar-refractivity contribution in [3.63, 3.8) is 0 Å². The first-order valence-electron chi connectivity index (χ1n) is 7.93. The van der Waals surface area contributed by atoms with E-state index in [0.29, 0.717) is 18.0 Å². The van der Waals surface area contributed by atoms with Crippen molar-refractivity contribution in [2.45, 2.75) is 32.2 Å². The molecule has 1 aromatic carbocycles. The van der Waals surface area contributed by atoms with Crippen LogP contribution >= 0.6 is 11.3 Å². The monoisotopic (exact) mass is 325 g/mol. The van der Waals surface area contributed by atoms with E-state index in [2.05, 4.69) is 29.2 Å². The van der Waals surface area contributed by atoms with Crippen LogP contribution in [0.25, 0.3) is 5.57 Å². The molecule has 0 spiro atoms. The molecule has 1 atom stereocenters. The van der Waals surface area contributed by atoms with E-state index in [1.54, 1.807) is 0 Å². The van der Waals surface area contributed by atoms with Gasteiger partial charge in [0.2, 0.25) is 0 Å². The van der Waals surface area contributed by atoms with Crippen LogP contribution in [0.15, 0.2) is 35.4 Å². The number of nitrogens with one attached hydrogen (secondary N) is 1. The predicted octanol–water partition coefficient (Wildman–Crippen LogP) is 4.09. The number of nitrogens with zero attached hydrogens (tertiary/aromatic N) is 2. The predicted molar refractivity (Wildman–Crippen MR) is 93.0 cm³/mol. The van der Waals surface area contributed by atoms with Crippen molar-refractivity contribution in [2.24, 2.45) is 0 Å². The minimum atomic E-state index is 0.174. The average Bonchev–Trinajstić information content (AvgIpc) is 3.10. The molecule has 23 heavy (non-hydrogen) atoms. The summed E-state index contributed by atoms with van der Waals surface area (Å²) in [6.45, 7) is 2.34. The molecule has 4 rings (SSSR count). The second-order valence-electron chi connectivity index (χ2n) is 6.20. The maximum Gasteiger partial charge on any atom is 0.135 e. The van der Waals surface area contributed by atoms with Crippen molar-refractivity contribution in [1.29, 1.82) is 5.41 Å². The number of hydrogen-bond acceptors (Lipinski definition) is 4. The van der Waals surface area contributed by atoms with Crippen LogP contribution < -0.4 is 0 Å². The number of rotatable bonds is 2. The number of aliphatic hydroxyl groups is 1. The van der Waals surface area contributed by atoms with Gasteiger partial charge in [0.05, 0.1) is 18.2 Å². The molecule has 0 bridgehead atoms. The molecule has 0 fully saturated rings. The van der Waals surface area contributed by atoms with Gasteiger partial charge in [-0.3, -0.25) is 5.41 Å². The summed E-state index contributed by atoms with van der Waals surface area (Å²) in [7, 11) is 0. The lowest BCUT2D eigenvalue weighted by atomic mass is 9.87. The molecule has 1 aliphatic carbocycles. The summed E-state index contributed by atoms with van der Waals surface area (Å²) in [6.07, 6.45) is 3.25. The highest BCUT2D eigenvalue weighted by Gasteiger charge is 2.36. The summed E-state index contributed by atoms with van der Waals surface area (Å²) in [4.78, 5) is 6.48. The zero-order valence-electron chi connectivity index (χ0n) is 13.0. The van der Waals surface area contributed by atoms with Gasteiger partial charge in [0.1, 0.15) is 16.6 Å². The molecule has 118 valence electrons. The normalized spacial score (nSPS) is 21.0. The van der Waals surface area contributed by atoms with Gasteiger partial charge in [-0.1, -0.05) is 24.3 Å². The maximum absolute atomic E-state index is 10.4. The van der Waals surface area contributed by atoms with Crippen LogP contribution in [0.1, 0.15) is 40.7 Å². The Labute approximate surface area is 139 Å². The van der Waals surface area contributed by atoms with Gasteiger partial charge < -0.3 is 10.0 Å². The van der Waals surface area contributed by atoms with Gasteiger partial charge in [0, 0.05) is 11.1 Å². The second kappa shape index (κ2) is 5.49. The van der Waals surface area contributed by atoms with Crippen LogP contribution in [0.4, 0.5) is 0 Å². The first-order chi connectivity index (χ1) is 11.1. The van der Waals surface area contributed by atoms with Crippen molar-refractivity contribution in [3.05, 3.63) is 57.2 Å². The lowest BCUT2D eigenvalue weighted by Gasteiger charge is -2.34. The number of amidine groups is 1. The van der Waals surface area contributed by atoms with Crippen molar-refractivity contribution in [2.75, 3.05) is 6.54 Å². The number of aliphatic hydroxyl groups excluding tert-OH is 1. The van der Waals surface area contributed by atoms with Crippen LogP contribution in [0, 0.1) is 12.3 Å². The topological polar surface area (TPSA) is 60.2 Å². The maximum atomic E-state index is 10.4. The number of aromatic nitrogens is 1. The lowest BCUT2D eigenvalue weighted by Crippen LogP contribution is -2.33. The Kier molecular flexibility index (Phi) is 3.45. The van der Waals surface area contributed by atoms with Crippen molar-refractivity contribution < 1.29 is 5.11 Å². The molecule has 2 aromatic rings. The van der Waals surface area contributed by atoms with E-state index in [1.165, 1.54) is 22.5 Å². The third kappa shape index (κ3) is 2.36. The van der Waals surface area contributed by atoms with Gasteiger partial charge in [-0.2, -0.15) is 0 Å². The van der Waals surface area contributed by atoms with E-state index in [9.17, 15) is 5.11 Å². The van der Waals surface area contributed by atoms with E-state index in [0.717, 1.165) is 30.0 Å². The number of fused-ring (bicyclic) bond motifs is 1. The van der Waals surface area contributed by atoms with E-state index in [-0.39, 0.29) is 11.8 Å². The Hall–Kier alpha value is -2.14. The van der Waals surface area contributed by atoms with Gasteiger partial charge in [-0.25, -0.2) is 4.98 Å².